The summed E-state index contributed by atoms with van der Waals surface area (Å²) in [6.45, 7) is 2.03. The summed E-state index contributed by atoms with van der Waals surface area (Å²) in [7, 11) is 0. The molecule has 0 spiro atoms. The predicted molar refractivity (Wildman–Crippen MR) is 80.5 cm³/mol. The number of hydrogen-bond acceptors (Lipinski definition) is 3. The number of hydrogen-bond donors (Lipinski definition) is 1. The summed E-state index contributed by atoms with van der Waals surface area (Å²) in [4.78, 5) is 0. The van der Waals surface area contributed by atoms with Crippen molar-refractivity contribution in [2.45, 2.75) is 70.5 Å². The van der Waals surface area contributed by atoms with Gasteiger partial charge in [-0.1, -0.05) is 31.4 Å². The largest absolute Gasteiger partial charge is 0.396 e. The predicted octanol–water partition coefficient (Wildman–Crippen LogP) is 3.81. The molecular weight excluding hydrogens is 252 g/mol. The molecule has 0 amide bonds. The molecule has 3 heteroatoms. The zero-order chi connectivity index (χ0) is 14.1. The van der Waals surface area contributed by atoms with Gasteiger partial charge in [0.2, 0.25) is 0 Å². The van der Waals surface area contributed by atoms with E-state index in [9.17, 15) is 5.11 Å². The topological polar surface area (TPSA) is 38.7 Å². The van der Waals surface area contributed by atoms with Gasteiger partial charge in [0.15, 0.2) is 6.29 Å². The summed E-state index contributed by atoms with van der Waals surface area (Å²) in [6.07, 6.45) is 16.1. The van der Waals surface area contributed by atoms with Crippen LogP contribution in [0.4, 0.5) is 0 Å². The number of unbranched alkanes of at least 4 members (excludes halogenated alkanes) is 3. The first kappa shape index (κ1) is 16.0. The molecule has 0 saturated carbocycles. The molecule has 0 radical (unpaired) electrons. The zero-order valence-corrected chi connectivity index (χ0v) is 12.7. The third-order valence-electron chi connectivity index (χ3n) is 4.65. The molecule has 0 aromatic rings. The highest BCUT2D eigenvalue weighted by Crippen LogP contribution is 2.37. The third-order valence-corrected chi connectivity index (χ3v) is 4.65. The highest BCUT2D eigenvalue weighted by molar-refractivity contribution is 5.02. The van der Waals surface area contributed by atoms with Crippen LogP contribution in [0.1, 0.15) is 64.2 Å². The van der Waals surface area contributed by atoms with E-state index in [1.54, 1.807) is 0 Å². The van der Waals surface area contributed by atoms with Crippen molar-refractivity contribution in [1.29, 1.82) is 0 Å². The van der Waals surface area contributed by atoms with E-state index < -0.39 is 0 Å². The summed E-state index contributed by atoms with van der Waals surface area (Å²) < 4.78 is 11.3. The normalized spacial score (nSPS) is 25.1. The first-order chi connectivity index (χ1) is 9.85. The average Bonchev–Trinajstić information content (AvgIpc) is 2.97. The number of aliphatic hydroxyl groups excluding tert-OH is 1. The molecule has 3 nitrogen and oxygen atoms in total. The van der Waals surface area contributed by atoms with E-state index in [-0.39, 0.29) is 11.7 Å². The molecule has 0 aromatic heterocycles. The lowest BCUT2D eigenvalue weighted by atomic mass is 9.81. The van der Waals surface area contributed by atoms with Crippen molar-refractivity contribution in [1.82, 2.24) is 0 Å². The maximum absolute atomic E-state index is 9.53. The van der Waals surface area contributed by atoms with Gasteiger partial charge in [0, 0.05) is 25.2 Å². The Morgan fingerprint density at radius 2 is 1.90 bits per heavy atom. The maximum atomic E-state index is 9.53. The molecule has 20 heavy (non-hydrogen) atoms. The molecule has 0 aromatic carbocycles. The SMILES string of the molecule is OCC1(CCCCCCOC2CCCCO2)CC=CC1. The summed E-state index contributed by atoms with van der Waals surface area (Å²) in [6, 6.07) is 0. The lowest BCUT2D eigenvalue weighted by Crippen LogP contribution is -2.22. The van der Waals surface area contributed by atoms with Crippen LogP contribution in [0.25, 0.3) is 0 Å². The molecule has 116 valence electrons. The van der Waals surface area contributed by atoms with Gasteiger partial charge in [-0.2, -0.15) is 0 Å². The zero-order valence-electron chi connectivity index (χ0n) is 12.7. The van der Waals surface area contributed by atoms with Gasteiger partial charge in [0.1, 0.15) is 0 Å². The first-order valence-corrected chi connectivity index (χ1v) is 8.34. The van der Waals surface area contributed by atoms with Gasteiger partial charge >= 0.3 is 0 Å². The number of ether oxygens (including phenoxy) is 2. The van der Waals surface area contributed by atoms with Gasteiger partial charge in [0.05, 0.1) is 0 Å². The molecule has 1 aliphatic heterocycles. The van der Waals surface area contributed by atoms with Crippen LogP contribution in [-0.2, 0) is 9.47 Å². The Bertz CT molecular complexity index is 274. The summed E-state index contributed by atoms with van der Waals surface area (Å²) >= 11 is 0. The molecule has 2 aliphatic rings. The second-order valence-electron chi connectivity index (χ2n) is 6.37. The van der Waals surface area contributed by atoms with Crippen molar-refractivity contribution in [3.8, 4) is 0 Å². The van der Waals surface area contributed by atoms with Crippen LogP contribution in [0, 0.1) is 5.41 Å². The Labute approximate surface area is 123 Å². The minimum Gasteiger partial charge on any atom is -0.396 e. The van der Waals surface area contributed by atoms with Crippen LogP contribution in [0.5, 0.6) is 0 Å². The van der Waals surface area contributed by atoms with Gasteiger partial charge in [-0.25, -0.2) is 0 Å². The summed E-state index contributed by atoms with van der Waals surface area (Å²) in [5.74, 6) is 0. The van der Waals surface area contributed by atoms with Crippen molar-refractivity contribution in [3.05, 3.63) is 12.2 Å². The molecule has 0 bridgehead atoms. The number of rotatable bonds is 9. The van der Waals surface area contributed by atoms with Crippen molar-refractivity contribution >= 4 is 0 Å². The summed E-state index contributed by atoms with van der Waals surface area (Å²) in [5.41, 5.74) is 0.173. The average molecular weight is 282 g/mol. The molecular formula is C17H30O3. The highest BCUT2D eigenvalue weighted by Gasteiger charge is 2.29. The van der Waals surface area contributed by atoms with Gasteiger partial charge in [-0.05, 0) is 44.9 Å². The fourth-order valence-corrected chi connectivity index (χ4v) is 3.18. The van der Waals surface area contributed by atoms with Gasteiger partial charge in [0.25, 0.3) is 0 Å². The molecule has 1 fully saturated rings. The van der Waals surface area contributed by atoms with Gasteiger partial charge in [-0.3, -0.25) is 0 Å². The van der Waals surface area contributed by atoms with Crippen molar-refractivity contribution in [2.24, 2.45) is 5.41 Å². The molecule has 1 heterocycles. The Balaban J connectivity index is 1.43. The van der Waals surface area contributed by atoms with E-state index in [1.165, 1.54) is 32.1 Å². The fraction of sp³-hybridized carbons (Fsp3) is 0.882. The van der Waals surface area contributed by atoms with Crippen LogP contribution in [0.3, 0.4) is 0 Å². The minimum atomic E-state index is 0.0611. The molecule has 1 unspecified atom stereocenters. The van der Waals surface area contributed by atoms with Crippen LogP contribution >= 0.6 is 0 Å². The second kappa shape index (κ2) is 8.81. The molecule has 1 atom stereocenters. The standard InChI is InChI=1S/C17H30O3/c18-15-17(11-5-6-12-17)10-4-1-2-7-13-19-16-9-3-8-14-20-16/h5-6,16,18H,1-4,7-15H2. The van der Waals surface area contributed by atoms with E-state index in [4.69, 9.17) is 9.47 Å². The van der Waals surface area contributed by atoms with Crippen molar-refractivity contribution < 1.29 is 14.6 Å². The minimum absolute atomic E-state index is 0.0611. The van der Waals surface area contributed by atoms with E-state index in [0.29, 0.717) is 6.61 Å². The molecule has 1 saturated heterocycles. The van der Waals surface area contributed by atoms with Crippen molar-refractivity contribution in [3.63, 3.8) is 0 Å². The Morgan fingerprint density at radius 3 is 2.60 bits per heavy atom. The molecule has 1 N–H and O–H groups in total. The fourth-order valence-electron chi connectivity index (χ4n) is 3.18. The van der Waals surface area contributed by atoms with Crippen LogP contribution < -0.4 is 0 Å². The lowest BCUT2D eigenvalue weighted by molar-refractivity contribution is -0.162. The Kier molecular flexibility index (Phi) is 7.05. The maximum Gasteiger partial charge on any atom is 0.157 e. The quantitative estimate of drug-likeness (QED) is 0.516. The first-order valence-electron chi connectivity index (χ1n) is 8.34. The lowest BCUT2D eigenvalue weighted by Gasteiger charge is -2.26. The second-order valence-corrected chi connectivity index (χ2v) is 6.37. The van der Waals surface area contributed by atoms with Gasteiger partial charge < -0.3 is 14.6 Å². The highest BCUT2D eigenvalue weighted by atomic mass is 16.7. The number of aliphatic hydroxyl groups is 1. The molecule has 1 aliphatic carbocycles. The van der Waals surface area contributed by atoms with Crippen LogP contribution in [-0.4, -0.2) is 31.2 Å². The van der Waals surface area contributed by atoms with E-state index in [1.807, 2.05) is 0 Å². The smallest absolute Gasteiger partial charge is 0.157 e. The molecule has 2 rings (SSSR count). The summed E-state index contributed by atoms with van der Waals surface area (Å²) in [5, 5.41) is 9.53. The van der Waals surface area contributed by atoms with Crippen molar-refractivity contribution in [2.75, 3.05) is 19.8 Å². The van der Waals surface area contributed by atoms with E-state index in [2.05, 4.69) is 12.2 Å². The van der Waals surface area contributed by atoms with Gasteiger partial charge in [-0.15, -0.1) is 0 Å². The van der Waals surface area contributed by atoms with E-state index >= 15 is 0 Å². The van der Waals surface area contributed by atoms with E-state index in [0.717, 1.165) is 45.3 Å². The Morgan fingerprint density at radius 1 is 1.10 bits per heavy atom. The third kappa shape index (κ3) is 5.19. The number of allylic oxidation sites excluding steroid dienone is 2. The van der Waals surface area contributed by atoms with Crippen LogP contribution in [0.2, 0.25) is 0 Å². The Hall–Kier alpha value is -0.380. The van der Waals surface area contributed by atoms with Crippen LogP contribution in [0.15, 0.2) is 12.2 Å². The monoisotopic (exact) mass is 282 g/mol.